The summed E-state index contributed by atoms with van der Waals surface area (Å²) in [5, 5.41) is 0.0124. The van der Waals surface area contributed by atoms with Crippen LogP contribution in [0.25, 0.3) is 22.3 Å². The summed E-state index contributed by atoms with van der Waals surface area (Å²) in [6.07, 6.45) is 2.68. The highest BCUT2D eigenvalue weighted by Gasteiger charge is 2.29. The molecule has 1 aromatic heterocycles. The molecule has 0 radical (unpaired) electrons. The summed E-state index contributed by atoms with van der Waals surface area (Å²) in [7, 11) is 0. The molecule has 4 rings (SSSR count). The Bertz CT molecular complexity index is 1090. The zero-order valence-corrected chi connectivity index (χ0v) is 16.2. The average Bonchev–Trinajstić information content (AvgIpc) is 2.70. The highest BCUT2D eigenvalue weighted by atomic mass is 35.5. The summed E-state index contributed by atoms with van der Waals surface area (Å²) in [4.78, 5) is 22.9. The van der Waals surface area contributed by atoms with E-state index in [-0.39, 0.29) is 33.4 Å². The molecule has 1 aliphatic rings. The van der Waals surface area contributed by atoms with Crippen molar-refractivity contribution >= 4 is 28.9 Å². The van der Waals surface area contributed by atoms with Crippen molar-refractivity contribution in [3.05, 3.63) is 63.5 Å². The van der Waals surface area contributed by atoms with Crippen LogP contribution in [0.5, 0.6) is 5.75 Å². The molecule has 0 aliphatic heterocycles. The van der Waals surface area contributed by atoms with Gasteiger partial charge in [0, 0.05) is 17.5 Å². The minimum atomic E-state index is -0.644. The van der Waals surface area contributed by atoms with Gasteiger partial charge < -0.3 is 18.7 Å². The van der Waals surface area contributed by atoms with Crippen molar-refractivity contribution in [2.24, 2.45) is 5.92 Å². The van der Waals surface area contributed by atoms with Crippen LogP contribution >= 0.6 is 11.6 Å². The van der Waals surface area contributed by atoms with E-state index in [1.165, 1.54) is 12.1 Å². The summed E-state index contributed by atoms with van der Waals surface area (Å²) < 4.78 is 30.6. The smallest absolute Gasteiger partial charge is 0.193 e. The van der Waals surface area contributed by atoms with Crippen molar-refractivity contribution in [1.82, 2.24) is 0 Å². The Morgan fingerprint density at radius 2 is 1.90 bits per heavy atom. The SMILES string of the molecule is O=CC1CC(OCCOc2ccc(-c3cc(=O)c4ccc(F)c(Cl)c4o3)cc2)C1. The number of aldehydes is 1. The molecule has 0 bridgehead atoms. The van der Waals surface area contributed by atoms with Crippen LogP contribution < -0.4 is 10.2 Å². The van der Waals surface area contributed by atoms with Crippen LogP contribution in [0.4, 0.5) is 4.39 Å². The fraction of sp³-hybridized carbons (Fsp3) is 0.273. The lowest BCUT2D eigenvalue weighted by atomic mass is 9.83. The molecule has 5 nitrogen and oxygen atoms in total. The minimum absolute atomic E-state index is 0.0273. The van der Waals surface area contributed by atoms with E-state index in [1.54, 1.807) is 24.3 Å². The zero-order valence-electron chi connectivity index (χ0n) is 15.4. The molecule has 0 saturated heterocycles. The van der Waals surface area contributed by atoms with Crippen molar-refractivity contribution in [2.75, 3.05) is 13.2 Å². The maximum absolute atomic E-state index is 13.7. The predicted octanol–water partition coefficient (Wildman–Crippen LogP) is 4.63. The lowest BCUT2D eigenvalue weighted by Crippen LogP contribution is -2.33. The van der Waals surface area contributed by atoms with E-state index in [9.17, 15) is 14.0 Å². The molecule has 150 valence electrons. The summed E-state index contributed by atoms with van der Waals surface area (Å²) in [5.74, 6) is 0.424. The maximum atomic E-state index is 13.7. The third-order valence-corrected chi connectivity index (χ3v) is 5.31. The van der Waals surface area contributed by atoms with E-state index in [2.05, 4.69) is 0 Å². The second-order valence-corrected chi connectivity index (χ2v) is 7.32. The quantitative estimate of drug-likeness (QED) is 0.415. The summed E-state index contributed by atoms with van der Waals surface area (Å²) in [5.41, 5.74) is 0.371. The zero-order chi connectivity index (χ0) is 20.4. The van der Waals surface area contributed by atoms with Crippen LogP contribution in [-0.2, 0) is 9.53 Å². The number of fused-ring (bicyclic) bond motifs is 1. The lowest BCUT2D eigenvalue weighted by Gasteiger charge is -2.31. The van der Waals surface area contributed by atoms with Gasteiger partial charge in [0.15, 0.2) is 11.0 Å². The standard InChI is InChI=1S/C22H18ClFO5/c23-21-18(24)6-5-17-19(26)11-20(29-22(17)21)14-1-3-15(4-2-14)27-7-8-28-16-9-13(10-16)12-25/h1-6,11-13,16H,7-10H2. The molecule has 1 aliphatic carbocycles. The number of rotatable bonds is 7. The van der Waals surface area contributed by atoms with Gasteiger partial charge in [0.05, 0.1) is 18.1 Å². The highest BCUT2D eigenvalue weighted by Crippen LogP contribution is 2.30. The molecule has 29 heavy (non-hydrogen) atoms. The first-order valence-electron chi connectivity index (χ1n) is 9.27. The van der Waals surface area contributed by atoms with Crippen LogP contribution in [0.15, 0.2) is 51.7 Å². The Morgan fingerprint density at radius 1 is 1.14 bits per heavy atom. The van der Waals surface area contributed by atoms with E-state index in [0.717, 1.165) is 25.2 Å². The van der Waals surface area contributed by atoms with Crippen molar-refractivity contribution in [2.45, 2.75) is 18.9 Å². The number of halogens is 2. The normalized spacial score (nSPS) is 18.4. The van der Waals surface area contributed by atoms with Gasteiger partial charge in [-0.05, 0) is 49.2 Å². The molecule has 0 spiro atoms. The molecule has 1 saturated carbocycles. The fourth-order valence-electron chi connectivity index (χ4n) is 3.25. The van der Waals surface area contributed by atoms with Gasteiger partial charge in [-0.1, -0.05) is 11.6 Å². The molecule has 0 atom stereocenters. The maximum Gasteiger partial charge on any atom is 0.193 e. The number of ether oxygens (including phenoxy) is 2. The van der Waals surface area contributed by atoms with Crippen LogP contribution in [-0.4, -0.2) is 25.6 Å². The molecular weight excluding hydrogens is 399 g/mol. The Labute approximate surface area is 171 Å². The topological polar surface area (TPSA) is 65.7 Å². The van der Waals surface area contributed by atoms with Gasteiger partial charge in [0.25, 0.3) is 0 Å². The van der Waals surface area contributed by atoms with Crippen molar-refractivity contribution in [3.8, 4) is 17.1 Å². The second-order valence-electron chi connectivity index (χ2n) is 6.95. The van der Waals surface area contributed by atoms with Gasteiger partial charge in [0.2, 0.25) is 0 Å². The van der Waals surface area contributed by atoms with E-state index < -0.39 is 5.82 Å². The molecule has 7 heteroatoms. The Balaban J connectivity index is 1.41. The number of carbonyl (C=O) groups excluding carboxylic acids is 1. The Hall–Kier alpha value is -2.70. The van der Waals surface area contributed by atoms with Gasteiger partial charge in [-0.15, -0.1) is 0 Å². The second kappa shape index (κ2) is 8.35. The van der Waals surface area contributed by atoms with Crippen LogP contribution in [0.2, 0.25) is 5.02 Å². The molecule has 3 aromatic rings. The summed E-state index contributed by atoms with van der Waals surface area (Å²) in [6.45, 7) is 0.836. The van der Waals surface area contributed by atoms with Gasteiger partial charge in [-0.2, -0.15) is 0 Å². The third-order valence-electron chi connectivity index (χ3n) is 4.96. The van der Waals surface area contributed by atoms with Crippen LogP contribution in [0, 0.1) is 11.7 Å². The first kappa shape index (κ1) is 19.6. The molecule has 0 amide bonds. The molecule has 1 heterocycles. The Morgan fingerprint density at radius 3 is 2.62 bits per heavy atom. The van der Waals surface area contributed by atoms with Crippen LogP contribution in [0.3, 0.4) is 0 Å². The average molecular weight is 417 g/mol. The summed E-state index contributed by atoms with van der Waals surface area (Å²) >= 11 is 5.95. The van der Waals surface area contributed by atoms with E-state index in [1.807, 2.05) is 0 Å². The van der Waals surface area contributed by atoms with Gasteiger partial charge >= 0.3 is 0 Å². The first-order valence-corrected chi connectivity index (χ1v) is 9.65. The fourth-order valence-corrected chi connectivity index (χ4v) is 3.45. The Kier molecular flexibility index (Phi) is 5.65. The van der Waals surface area contributed by atoms with Crippen molar-refractivity contribution in [3.63, 3.8) is 0 Å². The van der Waals surface area contributed by atoms with E-state index in [0.29, 0.717) is 30.3 Å². The predicted molar refractivity (Wildman–Crippen MR) is 107 cm³/mol. The number of benzene rings is 2. The van der Waals surface area contributed by atoms with Gasteiger partial charge in [-0.3, -0.25) is 4.79 Å². The van der Waals surface area contributed by atoms with Gasteiger partial charge in [-0.25, -0.2) is 4.39 Å². The largest absolute Gasteiger partial charge is 0.491 e. The van der Waals surface area contributed by atoms with Crippen molar-refractivity contribution < 1.29 is 23.1 Å². The highest BCUT2D eigenvalue weighted by molar-refractivity contribution is 6.34. The molecular formula is C22H18ClFO5. The van der Waals surface area contributed by atoms with Crippen LogP contribution in [0.1, 0.15) is 12.8 Å². The molecule has 2 aromatic carbocycles. The van der Waals surface area contributed by atoms with Gasteiger partial charge in [0.1, 0.15) is 35.2 Å². The van der Waals surface area contributed by atoms with E-state index >= 15 is 0 Å². The third kappa shape index (κ3) is 4.18. The number of hydrogen-bond donors (Lipinski definition) is 0. The lowest BCUT2D eigenvalue weighted by molar-refractivity contribution is -0.119. The first-order chi connectivity index (χ1) is 14.0. The van der Waals surface area contributed by atoms with Crippen molar-refractivity contribution in [1.29, 1.82) is 0 Å². The number of hydrogen-bond acceptors (Lipinski definition) is 5. The molecule has 1 fully saturated rings. The molecule has 0 unspecified atom stereocenters. The minimum Gasteiger partial charge on any atom is -0.491 e. The van der Waals surface area contributed by atoms with E-state index in [4.69, 9.17) is 25.5 Å². The summed E-state index contributed by atoms with van der Waals surface area (Å²) in [6, 6.07) is 10.8. The monoisotopic (exact) mass is 416 g/mol. The number of carbonyl (C=O) groups is 1. The molecule has 0 N–H and O–H groups in total.